The molecule has 0 aromatic carbocycles. The summed E-state index contributed by atoms with van der Waals surface area (Å²) in [6, 6.07) is 0.727. The number of alkyl carbamates (subject to hydrolysis) is 1. The highest BCUT2D eigenvalue weighted by molar-refractivity contribution is 5.85. The predicted octanol–water partition coefficient (Wildman–Crippen LogP) is 1.96. The van der Waals surface area contributed by atoms with Crippen molar-refractivity contribution in [3.05, 3.63) is 17.5 Å². The number of nitrogens with one attached hydrogen (secondary N) is 1. The largest absolute Gasteiger partial charge is 0.476 e. The minimum absolute atomic E-state index is 0.206. The molecule has 18 heavy (non-hydrogen) atoms. The molecule has 1 aromatic rings. The summed E-state index contributed by atoms with van der Waals surface area (Å²) in [6.07, 6.45) is -0.608. The zero-order valence-corrected chi connectivity index (χ0v) is 10.7. The smallest absolute Gasteiger partial charge is 0.408 e. The Kier molecular flexibility index (Phi) is 3.95. The van der Waals surface area contributed by atoms with Crippen LogP contribution in [0.5, 0.6) is 0 Å². The lowest BCUT2D eigenvalue weighted by molar-refractivity contribution is 0.0499. The number of carbonyl (C=O) groups excluding carboxylic acids is 1. The number of aromatic nitrogens is 1. The van der Waals surface area contributed by atoms with E-state index in [1.54, 1.807) is 27.7 Å². The van der Waals surface area contributed by atoms with Crippen molar-refractivity contribution >= 4 is 12.1 Å². The Balaban J connectivity index is 2.62. The third kappa shape index (κ3) is 4.08. The van der Waals surface area contributed by atoms with Crippen LogP contribution in [0.2, 0.25) is 0 Å². The van der Waals surface area contributed by atoms with E-state index >= 15 is 0 Å². The Morgan fingerprint density at radius 3 is 2.56 bits per heavy atom. The first-order valence-electron chi connectivity index (χ1n) is 5.38. The number of nitrogens with zero attached hydrogens (tertiary/aromatic N) is 1. The SMILES string of the molecule is C[C@H](NC(=O)OC(C)(C)C)c1cc(C(=O)O)no1. The fraction of sp³-hybridized carbons (Fsp3) is 0.545. The van der Waals surface area contributed by atoms with Crippen LogP contribution in [0.15, 0.2) is 10.6 Å². The van der Waals surface area contributed by atoms with E-state index in [0.29, 0.717) is 0 Å². The van der Waals surface area contributed by atoms with E-state index in [1.807, 2.05) is 0 Å². The second kappa shape index (κ2) is 5.07. The molecule has 0 saturated carbocycles. The van der Waals surface area contributed by atoms with Crippen LogP contribution >= 0.6 is 0 Å². The lowest BCUT2D eigenvalue weighted by Gasteiger charge is -2.21. The maximum Gasteiger partial charge on any atom is 0.408 e. The van der Waals surface area contributed by atoms with Gasteiger partial charge < -0.3 is 19.7 Å². The third-order valence-corrected chi connectivity index (χ3v) is 1.91. The second-order valence-corrected chi connectivity index (χ2v) is 4.79. The molecule has 0 saturated heterocycles. The average molecular weight is 256 g/mol. The normalized spacial score (nSPS) is 12.9. The van der Waals surface area contributed by atoms with Crippen molar-refractivity contribution in [1.29, 1.82) is 0 Å². The van der Waals surface area contributed by atoms with Crippen LogP contribution in [0, 0.1) is 0 Å². The third-order valence-electron chi connectivity index (χ3n) is 1.91. The molecule has 0 aliphatic rings. The molecule has 1 aromatic heterocycles. The van der Waals surface area contributed by atoms with Gasteiger partial charge in [-0.25, -0.2) is 9.59 Å². The summed E-state index contributed by atoms with van der Waals surface area (Å²) < 4.78 is 9.87. The minimum Gasteiger partial charge on any atom is -0.476 e. The van der Waals surface area contributed by atoms with E-state index in [0.717, 1.165) is 0 Å². The number of carbonyl (C=O) groups is 2. The Bertz CT molecular complexity index is 447. The molecule has 0 spiro atoms. The molecule has 1 amide bonds. The van der Waals surface area contributed by atoms with E-state index in [-0.39, 0.29) is 11.5 Å². The summed E-state index contributed by atoms with van der Waals surface area (Å²) >= 11 is 0. The average Bonchev–Trinajstić information content (AvgIpc) is 2.62. The maximum absolute atomic E-state index is 11.5. The van der Waals surface area contributed by atoms with Gasteiger partial charge in [-0.1, -0.05) is 5.16 Å². The van der Waals surface area contributed by atoms with Gasteiger partial charge in [0, 0.05) is 6.07 Å². The van der Waals surface area contributed by atoms with Gasteiger partial charge in [0.05, 0.1) is 6.04 Å². The number of amides is 1. The van der Waals surface area contributed by atoms with E-state index in [2.05, 4.69) is 10.5 Å². The van der Waals surface area contributed by atoms with Crippen LogP contribution in [0.25, 0.3) is 0 Å². The first-order chi connectivity index (χ1) is 8.19. The number of carboxylic acid groups (broad SMARTS) is 1. The number of hydrogen-bond acceptors (Lipinski definition) is 5. The lowest BCUT2D eigenvalue weighted by atomic mass is 10.2. The number of hydrogen-bond donors (Lipinski definition) is 2. The van der Waals surface area contributed by atoms with Gasteiger partial charge in [-0.15, -0.1) is 0 Å². The molecule has 0 fully saturated rings. The molecular weight excluding hydrogens is 240 g/mol. The van der Waals surface area contributed by atoms with Gasteiger partial charge in [0.2, 0.25) is 0 Å². The molecule has 0 radical (unpaired) electrons. The Hall–Kier alpha value is -2.05. The molecule has 7 nitrogen and oxygen atoms in total. The topological polar surface area (TPSA) is 102 Å². The van der Waals surface area contributed by atoms with Gasteiger partial charge in [-0.2, -0.15) is 0 Å². The molecular formula is C11H16N2O5. The molecule has 0 aliphatic heterocycles. The highest BCUT2D eigenvalue weighted by atomic mass is 16.6. The Morgan fingerprint density at radius 2 is 2.11 bits per heavy atom. The Morgan fingerprint density at radius 1 is 1.50 bits per heavy atom. The van der Waals surface area contributed by atoms with Crippen LogP contribution in [0.1, 0.15) is 50.0 Å². The molecule has 0 bridgehead atoms. The molecule has 1 rings (SSSR count). The molecule has 0 unspecified atom stereocenters. The fourth-order valence-corrected chi connectivity index (χ4v) is 1.15. The van der Waals surface area contributed by atoms with Gasteiger partial charge in [0.25, 0.3) is 0 Å². The zero-order valence-electron chi connectivity index (χ0n) is 10.7. The summed E-state index contributed by atoms with van der Waals surface area (Å²) in [5, 5.41) is 14.5. The van der Waals surface area contributed by atoms with Crippen molar-refractivity contribution in [3.63, 3.8) is 0 Å². The van der Waals surface area contributed by atoms with E-state index < -0.39 is 23.7 Å². The van der Waals surface area contributed by atoms with Crippen molar-refractivity contribution in [2.75, 3.05) is 0 Å². The van der Waals surface area contributed by atoms with Crippen LogP contribution in [-0.2, 0) is 4.74 Å². The molecule has 2 N–H and O–H groups in total. The van der Waals surface area contributed by atoms with Gasteiger partial charge in [-0.05, 0) is 27.7 Å². The number of aromatic carboxylic acids is 1. The van der Waals surface area contributed by atoms with E-state index in [4.69, 9.17) is 14.4 Å². The number of ether oxygens (including phenoxy) is 1. The number of carboxylic acids is 1. The minimum atomic E-state index is -1.19. The predicted molar refractivity (Wildman–Crippen MR) is 61.2 cm³/mol. The van der Waals surface area contributed by atoms with Crippen LogP contribution in [0.3, 0.4) is 0 Å². The lowest BCUT2D eigenvalue weighted by Crippen LogP contribution is -2.33. The van der Waals surface area contributed by atoms with Crippen molar-refractivity contribution in [1.82, 2.24) is 10.5 Å². The molecule has 100 valence electrons. The molecule has 7 heteroatoms. The first kappa shape index (κ1) is 14.0. The monoisotopic (exact) mass is 256 g/mol. The van der Waals surface area contributed by atoms with Gasteiger partial charge >= 0.3 is 12.1 Å². The Labute approximate surface area is 104 Å². The highest BCUT2D eigenvalue weighted by Crippen LogP contribution is 2.15. The molecule has 0 aliphatic carbocycles. The van der Waals surface area contributed by atoms with Crippen LogP contribution in [0.4, 0.5) is 4.79 Å². The summed E-state index contributed by atoms with van der Waals surface area (Å²) in [5.41, 5.74) is -0.805. The number of rotatable bonds is 3. The van der Waals surface area contributed by atoms with E-state index in [9.17, 15) is 9.59 Å². The fourth-order valence-electron chi connectivity index (χ4n) is 1.15. The van der Waals surface area contributed by atoms with Crippen molar-refractivity contribution < 1.29 is 24.0 Å². The van der Waals surface area contributed by atoms with Crippen molar-refractivity contribution in [2.45, 2.75) is 39.3 Å². The summed E-state index contributed by atoms with van der Waals surface area (Å²) in [4.78, 5) is 22.1. The summed E-state index contributed by atoms with van der Waals surface area (Å²) in [6.45, 7) is 6.87. The van der Waals surface area contributed by atoms with E-state index in [1.165, 1.54) is 6.07 Å². The second-order valence-electron chi connectivity index (χ2n) is 4.79. The van der Waals surface area contributed by atoms with Crippen LogP contribution < -0.4 is 5.32 Å². The van der Waals surface area contributed by atoms with Crippen LogP contribution in [-0.4, -0.2) is 27.9 Å². The first-order valence-corrected chi connectivity index (χ1v) is 5.38. The quantitative estimate of drug-likeness (QED) is 0.857. The van der Waals surface area contributed by atoms with Gasteiger partial charge in [-0.3, -0.25) is 0 Å². The standard InChI is InChI=1S/C11H16N2O5/c1-6(12-10(16)17-11(2,3)4)8-5-7(9(14)15)13-18-8/h5-6H,1-4H3,(H,12,16)(H,14,15)/t6-/m0/s1. The summed E-state index contributed by atoms with van der Waals surface area (Å²) in [7, 11) is 0. The molecule has 1 heterocycles. The van der Waals surface area contributed by atoms with Gasteiger partial charge in [0.1, 0.15) is 5.60 Å². The van der Waals surface area contributed by atoms with Crippen molar-refractivity contribution in [3.8, 4) is 0 Å². The maximum atomic E-state index is 11.5. The van der Waals surface area contributed by atoms with Gasteiger partial charge in [0.15, 0.2) is 11.5 Å². The molecule has 1 atom stereocenters. The summed E-state index contributed by atoms with van der Waals surface area (Å²) in [5.74, 6) is -0.937. The highest BCUT2D eigenvalue weighted by Gasteiger charge is 2.21. The zero-order chi connectivity index (χ0) is 13.9. The van der Waals surface area contributed by atoms with Crippen molar-refractivity contribution in [2.24, 2.45) is 0 Å².